The molecule has 10 heteroatoms. The van der Waals surface area contributed by atoms with Gasteiger partial charge in [-0.25, -0.2) is 14.4 Å². The van der Waals surface area contributed by atoms with Gasteiger partial charge < -0.3 is 20.1 Å². The van der Waals surface area contributed by atoms with Gasteiger partial charge in [0, 0.05) is 41.6 Å². The number of piperidine rings is 1. The van der Waals surface area contributed by atoms with Crippen LogP contribution < -0.4 is 15.5 Å². The molecule has 0 atom stereocenters. The Kier molecular flexibility index (Phi) is 7.18. The molecule has 2 saturated heterocycles. The number of carbonyl (C=O) groups excluding carboxylic acids is 1. The van der Waals surface area contributed by atoms with Crippen molar-refractivity contribution in [3.63, 3.8) is 0 Å². The molecule has 0 unspecified atom stereocenters. The molecule has 1 saturated carbocycles. The van der Waals surface area contributed by atoms with Crippen LogP contribution in [0.4, 0.5) is 21.6 Å². The Hall–Kier alpha value is -3.89. The lowest BCUT2D eigenvalue weighted by Crippen LogP contribution is -2.57. The summed E-state index contributed by atoms with van der Waals surface area (Å²) in [7, 11) is 0. The maximum atomic E-state index is 14.9. The molecule has 1 aliphatic carbocycles. The fourth-order valence-corrected chi connectivity index (χ4v) is 8.44. The van der Waals surface area contributed by atoms with E-state index in [1.807, 2.05) is 19.3 Å². The van der Waals surface area contributed by atoms with E-state index >= 15 is 0 Å². The zero-order valence-electron chi connectivity index (χ0n) is 28.1. The van der Waals surface area contributed by atoms with Crippen LogP contribution in [0.3, 0.4) is 0 Å². The van der Waals surface area contributed by atoms with Crippen molar-refractivity contribution in [3.05, 3.63) is 59.9 Å². The average Bonchev–Trinajstić information content (AvgIpc) is 3.68. The van der Waals surface area contributed by atoms with Crippen molar-refractivity contribution in [1.29, 1.82) is 0 Å². The number of benzene rings is 1. The van der Waals surface area contributed by atoms with E-state index in [1.165, 1.54) is 12.6 Å². The van der Waals surface area contributed by atoms with Crippen molar-refractivity contribution in [1.82, 2.24) is 29.7 Å². The van der Waals surface area contributed by atoms with Crippen molar-refractivity contribution < 1.29 is 9.18 Å². The fraction of sp³-hybridized carbons (Fsp3) is 0.514. The number of aromatic nitrogens is 4. The number of imidazole rings is 1. The summed E-state index contributed by atoms with van der Waals surface area (Å²) < 4.78 is 17.0. The van der Waals surface area contributed by atoms with Gasteiger partial charge in [-0.3, -0.25) is 14.7 Å². The number of pyridine rings is 2. The Bertz CT molecular complexity index is 1870. The van der Waals surface area contributed by atoms with Crippen molar-refractivity contribution in [2.45, 2.75) is 90.3 Å². The smallest absolute Gasteiger partial charge is 0.238 e. The molecule has 6 heterocycles. The van der Waals surface area contributed by atoms with E-state index < -0.39 is 11.2 Å². The van der Waals surface area contributed by atoms with E-state index in [2.05, 4.69) is 75.9 Å². The van der Waals surface area contributed by atoms with Gasteiger partial charge in [0.1, 0.15) is 5.52 Å². The Morgan fingerprint density at radius 1 is 1.04 bits per heavy atom. The molecule has 0 bridgehead atoms. The van der Waals surface area contributed by atoms with Crippen molar-refractivity contribution in [2.24, 2.45) is 5.41 Å². The molecular weight excluding hydrogens is 591 g/mol. The SMILES string of the molecule is Cc1cc(Nc2nc(-c3ccc4c(c3)N(C3CC(N5CCC(C)(C)C5)C3)C(=O)C43CCNCC3)cc3ncn(C(C)C)c23)c(F)cn1. The number of nitrogens with zero attached hydrogens (tertiary/aromatic N) is 6. The first-order chi connectivity index (χ1) is 22.5. The third kappa shape index (κ3) is 5.03. The van der Waals surface area contributed by atoms with Crippen LogP contribution in [0.25, 0.3) is 22.3 Å². The standard InChI is InChI=1S/C37H45FN8O/c1-22(2)45-21-41-31-18-29(42-34(33(31)45)43-30-14-23(3)40-19-28(30)38)24-6-7-27-32(15-24)46(35(47)37(27)8-11-39-12-9-37)26-16-25(17-26)44-13-10-36(4,5)20-44/h6-7,14-15,18-19,21-22,25-26,39H,8-13,16-17,20H2,1-5H3,(H,40,42,43). The molecular formula is C37H45FN8O. The highest BCUT2D eigenvalue weighted by Gasteiger charge is 2.55. The largest absolute Gasteiger partial charge is 0.336 e. The van der Waals surface area contributed by atoms with Crippen LogP contribution >= 0.6 is 0 Å². The van der Waals surface area contributed by atoms with Gasteiger partial charge >= 0.3 is 0 Å². The van der Waals surface area contributed by atoms with E-state index in [1.54, 1.807) is 6.07 Å². The van der Waals surface area contributed by atoms with Crippen LogP contribution in [0.15, 0.2) is 42.9 Å². The number of likely N-dealkylation sites (tertiary alicyclic amines) is 1. The van der Waals surface area contributed by atoms with E-state index in [0.29, 0.717) is 28.7 Å². The number of hydrogen-bond acceptors (Lipinski definition) is 7. The Balaban J connectivity index is 1.19. The maximum absolute atomic E-state index is 14.9. The molecule has 3 aromatic heterocycles. The fourth-order valence-electron chi connectivity index (χ4n) is 8.44. The molecule has 246 valence electrons. The van der Waals surface area contributed by atoms with Crippen molar-refractivity contribution >= 4 is 34.1 Å². The van der Waals surface area contributed by atoms with Crippen LogP contribution in [0.2, 0.25) is 0 Å². The van der Waals surface area contributed by atoms with Crippen molar-refractivity contribution in [2.75, 3.05) is 36.4 Å². The summed E-state index contributed by atoms with van der Waals surface area (Å²) in [5.74, 6) is 0.356. The van der Waals surface area contributed by atoms with Gasteiger partial charge in [-0.05, 0) is 102 Å². The van der Waals surface area contributed by atoms with E-state index in [-0.39, 0.29) is 18.0 Å². The molecule has 1 amide bonds. The molecule has 1 aromatic carbocycles. The normalized spacial score (nSPS) is 23.6. The summed E-state index contributed by atoms with van der Waals surface area (Å²) in [4.78, 5) is 33.3. The van der Waals surface area contributed by atoms with E-state index in [4.69, 9.17) is 9.97 Å². The molecule has 4 aromatic rings. The summed E-state index contributed by atoms with van der Waals surface area (Å²) in [5.41, 5.74) is 6.33. The Morgan fingerprint density at radius 2 is 1.83 bits per heavy atom. The number of anilines is 3. The van der Waals surface area contributed by atoms with E-state index in [9.17, 15) is 9.18 Å². The minimum Gasteiger partial charge on any atom is -0.336 e. The molecule has 2 N–H and O–H groups in total. The summed E-state index contributed by atoms with van der Waals surface area (Å²) in [6.07, 6.45) is 7.94. The minimum absolute atomic E-state index is 0.135. The van der Waals surface area contributed by atoms with Crippen LogP contribution in [0, 0.1) is 18.2 Å². The summed E-state index contributed by atoms with van der Waals surface area (Å²) >= 11 is 0. The number of amides is 1. The predicted molar refractivity (Wildman–Crippen MR) is 184 cm³/mol. The zero-order valence-corrected chi connectivity index (χ0v) is 28.1. The minimum atomic E-state index is -0.475. The van der Waals surface area contributed by atoms with Gasteiger partial charge in [0.25, 0.3) is 0 Å². The highest BCUT2D eigenvalue weighted by molar-refractivity contribution is 6.09. The monoisotopic (exact) mass is 636 g/mol. The molecule has 3 aliphatic heterocycles. The first-order valence-electron chi connectivity index (χ1n) is 17.2. The second-order valence-electron chi connectivity index (χ2n) is 15.3. The highest BCUT2D eigenvalue weighted by atomic mass is 19.1. The predicted octanol–water partition coefficient (Wildman–Crippen LogP) is 6.50. The number of rotatable bonds is 6. The molecule has 4 aliphatic rings. The zero-order chi connectivity index (χ0) is 32.7. The average molecular weight is 637 g/mol. The molecule has 47 heavy (non-hydrogen) atoms. The lowest BCUT2D eigenvalue weighted by molar-refractivity contribution is -0.125. The summed E-state index contributed by atoms with van der Waals surface area (Å²) in [5, 5.41) is 6.75. The topological polar surface area (TPSA) is 91.2 Å². The molecule has 8 rings (SSSR count). The first kappa shape index (κ1) is 30.4. The van der Waals surface area contributed by atoms with Gasteiger partial charge in [-0.2, -0.15) is 0 Å². The second-order valence-corrected chi connectivity index (χ2v) is 15.3. The first-order valence-corrected chi connectivity index (χ1v) is 17.2. The van der Waals surface area contributed by atoms with Gasteiger partial charge in [0.2, 0.25) is 5.91 Å². The third-order valence-electron chi connectivity index (χ3n) is 11.2. The third-order valence-corrected chi connectivity index (χ3v) is 11.2. The lowest BCUT2D eigenvalue weighted by atomic mass is 9.74. The number of aryl methyl sites for hydroxylation is 1. The maximum Gasteiger partial charge on any atom is 0.238 e. The van der Waals surface area contributed by atoms with Crippen molar-refractivity contribution in [3.8, 4) is 11.3 Å². The quantitative estimate of drug-likeness (QED) is 0.250. The number of hydrogen-bond donors (Lipinski definition) is 2. The van der Waals surface area contributed by atoms with Crippen LogP contribution in [-0.2, 0) is 10.2 Å². The summed E-state index contributed by atoms with van der Waals surface area (Å²) in [6, 6.07) is 11.0. The lowest BCUT2D eigenvalue weighted by Gasteiger charge is -2.46. The molecule has 1 spiro atoms. The van der Waals surface area contributed by atoms with Crippen LogP contribution in [0.5, 0.6) is 0 Å². The Labute approximate surface area is 276 Å². The molecule has 0 radical (unpaired) electrons. The van der Waals surface area contributed by atoms with Gasteiger partial charge in [0.15, 0.2) is 11.6 Å². The van der Waals surface area contributed by atoms with Gasteiger partial charge in [0.05, 0.1) is 34.8 Å². The summed E-state index contributed by atoms with van der Waals surface area (Å²) in [6.45, 7) is 14.7. The van der Waals surface area contributed by atoms with Gasteiger partial charge in [-0.1, -0.05) is 26.0 Å². The number of fused-ring (bicyclic) bond motifs is 3. The number of halogens is 1. The van der Waals surface area contributed by atoms with Gasteiger partial charge in [-0.15, -0.1) is 0 Å². The number of nitrogens with one attached hydrogen (secondary N) is 2. The van der Waals surface area contributed by atoms with E-state index in [0.717, 1.165) is 85.4 Å². The number of carbonyl (C=O) groups is 1. The Morgan fingerprint density at radius 3 is 2.55 bits per heavy atom. The highest BCUT2D eigenvalue weighted by Crippen LogP contribution is 2.52. The molecule has 9 nitrogen and oxygen atoms in total. The van der Waals surface area contributed by atoms with Crippen LogP contribution in [0.1, 0.15) is 77.1 Å². The van der Waals surface area contributed by atoms with Crippen LogP contribution in [-0.4, -0.2) is 68.6 Å². The molecule has 3 fully saturated rings. The second kappa shape index (κ2) is 11.1.